The van der Waals surface area contributed by atoms with E-state index in [2.05, 4.69) is 56.7 Å². The molecule has 2 N–H and O–H groups in total. The Labute approximate surface area is 197 Å². The van der Waals surface area contributed by atoms with Gasteiger partial charge in [-0.2, -0.15) is 0 Å². The molecule has 1 aromatic heterocycles. The molecule has 2 heterocycles. The molecule has 3 rings (SSSR count). The predicted molar refractivity (Wildman–Crippen MR) is 135 cm³/mol. The van der Waals surface area contributed by atoms with Crippen molar-refractivity contribution >= 4 is 35.6 Å². The van der Waals surface area contributed by atoms with Crippen molar-refractivity contribution in [1.29, 1.82) is 0 Å². The molecule has 0 radical (unpaired) electrons. The Morgan fingerprint density at radius 3 is 2.67 bits per heavy atom. The predicted octanol–water partition coefficient (Wildman–Crippen LogP) is 4.35. The van der Waals surface area contributed by atoms with Crippen molar-refractivity contribution in [2.45, 2.75) is 46.2 Å². The van der Waals surface area contributed by atoms with Crippen LogP contribution in [0.15, 0.2) is 35.5 Å². The summed E-state index contributed by atoms with van der Waals surface area (Å²) < 4.78 is 5.51. The van der Waals surface area contributed by atoms with Crippen LogP contribution in [-0.2, 0) is 6.54 Å². The van der Waals surface area contributed by atoms with Crippen LogP contribution in [0.5, 0.6) is 5.75 Å². The van der Waals surface area contributed by atoms with Crippen molar-refractivity contribution in [1.82, 2.24) is 15.6 Å². The number of hydrogen-bond acceptors (Lipinski definition) is 4. The summed E-state index contributed by atoms with van der Waals surface area (Å²) in [6, 6.07) is 8.94. The molecular weight excluding hydrogens is 489 g/mol. The van der Waals surface area contributed by atoms with Crippen LogP contribution in [0.3, 0.4) is 0 Å². The minimum atomic E-state index is 0. The van der Waals surface area contributed by atoms with E-state index < -0.39 is 0 Å². The fourth-order valence-electron chi connectivity index (χ4n) is 3.87. The number of aromatic nitrogens is 1. The van der Waals surface area contributed by atoms with E-state index in [0.29, 0.717) is 6.54 Å². The second-order valence-electron chi connectivity index (χ2n) is 7.63. The van der Waals surface area contributed by atoms with Crippen LogP contribution in [0.4, 0.5) is 5.69 Å². The molecule has 7 heteroatoms. The van der Waals surface area contributed by atoms with Gasteiger partial charge < -0.3 is 20.3 Å². The van der Waals surface area contributed by atoms with Gasteiger partial charge in [-0.05, 0) is 51.3 Å². The third-order valence-corrected chi connectivity index (χ3v) is 5.59. The largest absolute Gasteiger partial charge is 0.496 e. The molecule has 164 valence electrons. The van der Waals surface area contributed by atoms with Crippen LogP contribution in [0.1, 0.15) is 48.2 Å². The van der Waals surface area contributed by atoms with Crippen molar-refractivity contribution in [3.8, 4) is 5.75 Å². The number of ether oxygens (including phenoxy) is 1. The molecule has 2 aromatic rings. The Balaban J connectivity index is 0.00000320. The van der Waals surface area contributed by atoms with Gasteiger partial charge in [0.2, 0.25) is 0 Å². The highest BCUT2D eigenvalue weighted by molar-refractivity contribution is 14.0. The SMILES string of the molecule is CN=C(NCc1ncc(C)c(OC)c1C)NC(C)c1cccc(N2CCCC2)c1.I. The zero-order valence-electron chi connectivity index (χ0n) is 18.7. The van der Waals surface area contributed by atoms with Crippen LogP contribution in [-0.4, -0.2) is 38.2 Å². The van der Waals surface area contributed by atoms with Crippen molar-refractivity contribution in [2.75, 3.05) is 32.1 Å². The molecule has 1 atom stereocenters. The topological polar surface area (TPSA) is 61.8 Å². The molecule has 1 aromatic carbocycles. The summed E-state index contributed by atoms with van der Waals surface area (Å²) in [6.07, 6.45) is 4.42. The number of aryl methyl sites for hydroxylation is 1. The minimum absolute atomic E-state index is 0. The number of nitrogens with zero attached hydrogens (tertiary/aromatic N) is 3. The molecular formula is C23H34IN5O. The fourth-order valence-corrected chi connectivity index (χ4v) is 3.87. The van der Waals surface area contributed by atoms with E-state index >= 15 is 0 Å². The number of pyridine rings is 1. The number of halogens is 1. The molecule has 1 saturated heterocycles. The molecule has 1 fully saturated rings. The lowest BCUT2D eigenvalue weighted by atomic mass is 10.1. The van der Waals surface area contributed by atoms with Crippen molar-refractivity contribution < 1.29 is 4.74 Å². The maximum Gasteiger partial charge on any atom is 0.191 e. The summed E-state index contributed by atoms with van der Waals surface area (Å²) in [5.74, 6) is 1.65. The normalized spacial score (nSPS) is 14.8. The summed E-state index contributed by atoms with van der Waals surface area (Å²) in [5, 5.41) is 6.87. The monoisotopic (exact) mass is 523 g/mol. The van der Waals surface area contributed by atoms with E-state index in [9.17, 15) is 0 Å². The lowest BCUT2D eigenvalue weighted by Gasteiger charge is -2.22. The van der Waals surface area contributed by atoms with E-state index in [4.69, 9.17) is 4.74 Å². The number of hydrogen-bond donors (Lipinski definition) is 2. The number of benzene rings is 1. The van der Waals surface area contributed by atoms with Gasteiger partial charge in [-0.15, -0.1) is 24.0 Å². The van der Waals surface area contributed by atoms with Crippen molar-refractivity contribution in [3.63, 3.8) is 0 Å². The molecule has 30 heavy (non-hydrogen) atoms. The average Bonchev–Trinajstić information content (AvgIpc) is 3.27. The molecule has 0 spiro atoms. The number of guanidine groups is 1. The maximum absolute atomic E-state index is 5.51. The molecule has 0 saturated carbocycles. The standard InChI is InChI=1S/C23H33N5O.HI/c1-16-14-25-21(17(2)22(16)29-5)15-26-23(24-4)27-18(3)19-9-8-10-20(13-19)28-11-6-7-12-28;/h8-10,13-14,18H,6-7,11-12,15H2,1-5H3,(H2,24,26,27);1H. The van der Waals surface area contributed by atoms with E-state index in [-0.39, 0.29) is 30.0 Å². The van der Waals surface area contributed by atoms with Gasteiger partial charge in [0.05, 0.1) is 25.4 Å². The lowest BCUT2D eigenvalue weighted by Crippen LogP contribution is -2.38. The van der Waals surface area contributed by atoms with Crippen LogP contribution in [0, 0.1) is 13.8 Å². The third kappa shape index (κ3) is 5.77. The highest BCUT2D eigenvalue weighted by Crippen LogP contribution is 2.25. The lowest BCUT2D eigenvalue weighted by molar-refractivity contribution is 0.406. The molecule has 1 aliphatic heterocycles. The number of rotatable bonds is 6. The zero-order chi connectivity index (χ0) is 20.8. The quantitative estimate of drug-likeness (QED) is 0.335. The fraction of sp³-hybridized carbons (Fsp3) is 0.478. The molecule has 1 unspecified atom stereocenters. The number of anilines is 1. The Morgan fingerprint density at radius 2 is 2.00 bits per heavy atom. The van der Waals surface area contributed by atoms with Gasteiger partial charge in [-0.3, -0.25) is 9.98 Å². The number of methoxy groups -OCH3 is 1. The van der Waals surface area contributed by atoms with Gasteiger partial charge >= 0.3 is 0 Å². The van der Waals surface area contributed by atoms with Gasteiger partial charge in [0.25, 0.3) is 0 Å². The first-order chi connectivity index (χ1) is 14.0. The van der Waals surface area contributed by atoms with Gasteiger partial charge in [0.1, 0.15) is 5.75 Å². The summed E-state index contributed by atoms with van der Waals surface area (Å²) in [5.41, 5.74) is 5.62. The summed E-state index contributed by atoms with van der Waals surface area (Å²) in [4.78, 5) is 11.4. The Bertz CT molecular complexity index is 865. The van der Waals surface area contributed by atoms with Crippen molar-refractivity contribution in [2.24, 2.45) is 4.99 Å². The van der Waals surface area contributed by atoms with Crippen LogP contribution >= 0.6 is 24.0 Å². The third-order valence-electron chi connectivity index (χ3n) is 5.59. The first-order valence-electron chi connectivity index (χ1n) is 10.3. The van der Waals surface area contributed by atoms with Gasteiger partial charge in [0.15, 0.2) is 5.96 Å². The van der Waals surface area contributed by atoms with Crippen LogP contribution in [0.25, 0.3) is 0 Å². The molecule has 0 bridgehead atoms. The Kier molecular flexibility index (Phi) is 9.20. The first-order valence-corrected chi connectivity index (χ1v) is 10.3. The highest BCUT2D eigenvalue weighted by Gasteiger charge is 2.15. The van der Waals surface area contributed by atoms with E-state index in [0.717, 1.165) is 41.6 Å². The molecule has 1 aliphatic rings. The van der Waals surface area contributed by atoms with Gasteiger partial charge in [0, 0.05) is 43.1 Å². The van der Waals surface area contributed by atoms with Crippen LogP contribution < -0.4 is 20.3 Å². The van der Waals surface area contributed by atoms with E-state index in [1.807, 2.05) is 20.0 Å². The minimum Gasteiger partial charge on any atom is -0.496 e. The number of nitrogens with one attached hydrogen (secondary N) is 2. The maximum atomic E-state index is 5.51. The van der Waals surface area contributed by atoms with E-state index in [1.54, 1.807) is 14.2 Å². The van der Waals surface area contributed by atoms with Crippen LogP contribution in [0.2, 0.25) is 0 Å². The molecule has 6 nitrogen and oxygen atoms in total. The zero-order valence-corrected chi connectivity index (χ0v) is 21.0. The second-order valence-corrected chi connectivity index (χ2v) is 7.63. The van der Waals surface area contributed by atoms with E-state index in [1.165, 1.54) is 24.1 Å². The second kappa shape index (κ2) is 11.4. The van der Waals surface area contributed by atoms with Gasteiger partial charge in [-0.25, -0.2) is 0 Å². The summed E-state index contributed by atoms with van der Waals surface area (Å²) in [7, 11) is 3.49. The van der Waals surface area contributed by atoms with Crippen molar-refractivity contribution in [3.05, 3.63) is 52.8 Å². The Hall–Kier alpha value is -2.03. The molecule has 0 aliphatic carbocycles. The first kappa shape index (κ1) is 24.2. The van der Waals surface area contributed by atoms with Gasteiger partial charge in [-0.1, -0.05) is 12.1 Å². The smallest absolute Gasteiger partial charge is 0.191 e. The highest BCUT2D eigenvalue weighted by atomic mass is 127. The summed E-state index contributed by atoms with van der Waals surface area (Å²) in [6.45, 7) is 9.10. The molecule has 0 amide bonds. The number of aliphatic imine (C=N–C) groups is 1. The summed E-state index contributed by atoms with van der Waals surface area (Å²) >= 11 is 0. The average molecular weight is 523 g/mol. The Morgan fingerprint density at radius 1 is 1.27 bits per heavy atom.